The molecule has 1 aromatic heterocycles. The monoisotopic (exact) mass is 395 g/mol. The Morgan fingerprint density at radius 2 is 2.05 bits per heavy atom. The summed E-state index contributed by atoms with van der Waals surface area (Å²) in [6.45, 7) is 4.82. The molecule has 0 spiro atoms. The maximum atomic E-state index is 12.4. The molecule has 0 aliphatic carbocycles. The predicted molar refractivity (Wildman–Crippen MR) is 81.3 cm³/mol. The van der Waals surface area contributed by atoms with Gasteiger partial charge in [0.1, 0.15) is 10.5 Å². The maximum Gasteiger partial charge on any atom is 0.417 e. The van der Waals surface area contributed by atoms with E-state index in [1.54, 1.807) is 20.8 Å². The summed E-state index contributed by atoms with van der Waals surface area (Å²) in [5, 5.41) is 0. The average Bonchev–Trinajstić information content (AvgIpc) is 2.65. The van der Waals surface area contributed by atoms with Gasteiger partial charge in [-0.2, -0.15) is 0 Å². The highest BCUT2D eigenvalue weighted by Crippen LogP contribution is 2.34. The molecule has 2 rings (SSSR count). The van der Waals surface area contributed by atoms with E-state index in [2.05, 4.69) is 15.9 Å². The summed E-state index contributed by atoms with van der Waals surface area (Å²) in [6.07, 6.45) is -0.833. The van der Waals surface area contributed by atoms with Gasteiger partial charge in [0, 0.05) is 6.54 Å². The number of carbonyl (C=O) groups is 2. The van der Waals surface area contributed by atoms with Crippen molar-refractivity contribution in [2.45, 2.75) is 31.3 Å². The lowest BCUT2D eigenvalue weighted by Crippen LogP contribution is -2.41. The van der Waals surface area contributed by atoms with E-state index in [1.165, 1.54) is 6.07 Å². The Bertz CT molecular complexity index is 702. The molecule has 116 valence electrons. The molecule has 0 fully saturated rings. The van der Waals surface area contributed by atoms with E-state index in [1.807, 2.05) is 0 Å². The summed E-state index contributed by atoms with van der Waals surface area (Å²) in [6, 6.07) is 1.39. The zero-order valence-electron chi connectivity index (χ0n) is 11.7. The first-order chi connectivity index (χ1) is 9.51. The van der Waals surface area contributed by atoms with E-state index in [0.717, 1.165) is 16.2 Å². The van der Waals surface area contributed by atoms with E-state index >= 15 is 0 Å². The van der Waals surface area contributed by atoms with Gasteiger partial charge in [-0.3, -0.25) is 4.79 Å². The summed E-state index contributed by atoms with van der Waals surface area (Å²) in [5.74, 6) is -0.954. The lowest BCUT2D eigenvalue weighted by Gasteiger charge is -2.24. The largest absolute Gasteiger partial charge is 0.443 e. The van der Waals surface area contributed by atoms with Crippen LogP contribution in [-0.2, 0) is 14.6 Å². The number of halogens is 1. The van der Waals surface area contributed by atoms with Crippen molar-refractivity contribution in [3.8, 4) is 0 Å². The Hall–Kier alpha value is -0.930. The predicted octanol–water partition coefficient (Wildman–Crippen LogP) is 2.68. The Balaban J connectivity index is 2.42. The molecule has 9 heteroatoms. The second-order valence-electron chi connectivity index (χ2n) is 5.50. The van der Waals surface area contributed by atoms with Crippen LogP contribution in [0.25, 0.3) is 0 Å². The van der Waals surface area contributed by atoms with Gasteiger partial charge in [-0.1, -0.05) is 0 Å². The van der Waals surface area contributed by atoms with Gasteiger partial charge in [-0.15, -0.1) is 11.3 Å². The zero-order chi connectivity index (χ0) is 16.0. The number of carbonyl (C=O) groups excluding carboxylic acids is 2. The number of fused-ring (bicyclic) bond motifs is 1. The molecule has 0 aromatic carbocycles. The van der Waals surface area contributed by atoms with E-state index in [0.29, 0.717) is 3.79 Å². The minimum absolute atomic E-state index is 0.0320. The van der Waals surface area contributed by atoms with Crippen LogP contribution in [0.15, 0.2) is 14.7 Å². The van der Waals surface area contributed by atoms with Crippen LogP contribution < -0.4 is 0 Å². The number of ether oxygens (including phenoxy) is 1. The molecular weight excluding hydrogens is 382 g/mol. The van der Waals surface area contributed by atoms with Crippen molar-refractivity contribution in [3.05, 3.63) is 14.7 Å². The van der Waals surface area contributed by atoms with Crippen LogP contribution in [-0.4, -0.2) is 43.2 Å². The number of hydrogen-bond acceptors (Lipinski definition) is 6. The van der Waals surface area contributed by atoms with E-state index in [-0.39, 0.29) is 22.1 Å². The Kier molecular flexibility index (Phi) is 4.20. The molecule has 0 radical (unpaired) electrons. The highest BCUT2D eigenvalue weighted by molar-refractivity contribution is 9.11. The highest BCUT2D eigenvalue weighted by atomic mass is 79.9. The molecule has 0 bridgehead atoms. The molecule has 0 unspecified atom stereocenters. The lowest BCUT2D eigenvalue weighted by molar-refractivity contribution is 0.0254. The molecule has 1 aliphatic heterocycles. The highest BCUT2D eigenvalue weighted by Gasteiger charge is 2.37. The summed E-state index contributed by atoms with van der Waals surface area (Å²) in [5.41, 5.74) is -0.762. The Morgan fingerprint density at radius 1 is 1.43 bits per heavy atom. The first-order valence-corrected chi connectivity index (χ1v) is 9.34. The quantitative estimate of drug-likeness (QED) is 0.674. The Labute approximate surface area is 135 Å². The van der Waals surface area contributed by atoms with Crippen LogP contribution in [0.4, 0.5) is 4.79 Å². The number of sulfone groups is 1. The van der Waals surface area contributed by atoms with Crippen LogP contribution in [0.2, 0.25) is 0 Å². The van der Waals surface area contributed by atoms with E-state index < -0.39 is 27.4 Å². The number of imide groups is 1. The molecule has 2 heterocycles. The first kappa shape index (κ1) is 16.4. The van der Waals surface area contributed by atoms with Crippen LogP contribution in [0.3, 0.4) is 0 Å². The molecular formula is C12H14BrNO5S2. The number of hydrogen-bond donors (Lipinski definition) is 0. The van der Waals surface area contributed by atoms with Crippen molar-refractivity contribution in [2.75, 3.05) is 12.3 Å². The van der Waals surface area contributed by atoms with Gasteiger partial charge in [0.15, 0.2) is 9.84 Å². The van der Waals surface area contributed by atoms with E-state index in [9.17, 15) is 18.0 Å². The minimum Gasteiger partial charge on any atom is -0.443 e. The number of thiophene rings is 1. The molecule has 0 N–H and O–H groups in total. The summed E-state index contributed by atoms with van der Waals surface area (Å²) in [4.78, 5) is 25.3. The smallest absolute Gasteiger partial charge is 0.417 e. The molecule has 1 aromatic rings. The normalized spacial score (nSPS) is 18.1. The standard InChI is InChI=1S/C12H14BrNO5S2/c1-12(2,3)19-11(16)14-4-5-21(17,18)7-6-8(13)20-9(7)10(14)15/h6H,4-5H2,1-3H3. The third-order valence-corrected chi connectivity index (χ3v) is 6.11. The van der Waals surface area contributed by atoms with Crippen molar-refractivity contribution < 1.29 is 22.7 Å². The fraction of sp³-hybridized carbons (Fsp3) is 0.500. The van der Waals surface area contributed by atoms with Gasteiger partial charge in [0.05, 0.1) is 14.4 Å². The molecule has 0 saturated heterocycles. The van der Waals surface area contributed by atoms with Crippen molar-refractivity contribution in [3.63, 3.8) is 0 Å². The van der Waals surface area contributed by atoms with Gasteiger partial charge in [0.2, 0.25) is 0 Å². The third kappa shape index (κ3) is 3.46. The number of amides is 2. The maximum absolute atomic E-state index is 12.4. The summed E-state index contributed by atoms with van der Waals surface area (Å²) >= 11 is 4.16. The molecule has 21 heavy (non-hydrogen) atoms. The molecule has 2 amide bonds. The van der Waals surface area contributed by atoms with Crippen LogP contribution in [0.5, 0.6) is 0 Å². The number of nitrogens with zero attached hydrogens (tertiary/aromatic N) is 1. The average molecular weight is 396 g/mol. The van der Waals surface area contributed by atoms with Gasteiger partial charge >= 0.3 is 6.09 Å². The first-order valence-electron chi connectivity index (χ1n) is 6.08. The van der Waals surface area contributed by atoms with Gasteiger partial charge < -0.3 is 4.74 Å². The Morgan fingerprint density at radius 3 is 2.62 bits per heavy atom. The lowest BCUT2D eigenvalue weighted by atomic mass is 10.2. The van der Waals surface area contributed by atoms with Gasteiger partial charge in [-0.25, -0.2) is 18.1 Å². The van der Waals surface area contributed by atoms with Crippen LogP contribution in [0, 0.1) is 0 Å². The van der Waals surface area contributed by atoms with Crippen molar-refractivity contribution >= 4 is 49.1 Å². The third-order valence-electron chi connectivity index (χ3n) is 2.64. The van der Waals surface area contributed by atoms with Crippen molar-refractivity contribution in [1.82, 2.24) is 4.90 Å². The zero-order valence-corrected chi connectivity index (χ0v) is 14.9. The summed E-state index contributed by atoms with van der Waals surface area (Å²) < 4.78 is 30.0. The van der Waals surface area contributed by atoms with Crippen LogP contribution >= 0.6 is 27.3 Å². The SMILES string of the molecule is CC(C)(C)OC(=O)N1CCS(=O)(=O)c2cc(Br)sc2C1=O. The van der Waals surface area contributed by atoms with Gasteiger partial charge in [-0.05, 0) is 42.8 Å². The topological polar surface area (TPSA) is 80.8 Å². The van der Waals surface area contributed by atoms with Crippen molar-refractivity contribution in [1.29, 1.82) is 0 Å². The fourth-order valence-electron chi connectivity index (χ4n) is 1.76. The fourth-order valence-corrected chi connectivity index (χ4v) is 5.25. The van der Waals surface area contributed by atoms with Crippen LogP contribution in [0.1, 0.15) is 30.4 Å². The minimum atomic E-state index is -3.59. The number of rotatable bonds is 0. The molecule has 6 nitrogen and oxygen atoms in total. The second kappa shape index (κ2) is 5.36. The second-order valence-corrected chi connectivity index (χ2v) is 10.0. The molecule has 0 atom stereocenters. The molecule has 0 saturated carbocycles. The molecule has 1 aliphatic rings. The summed E-state index contributed by atoms with van der Waals surface area (Å²) in [7, 11) is -3.59. The van der Waals surface area contributed by atoms with E-state index in [4.69, 9.17) is 4.74 Å². The van der Waals surface area contributed by atoms with Gasteiger partial charge in [0.25, 0.3) is 5.91 Å². The van der Waals surface area contributed by atoms with Crippen molar-refractivity contribution in [2.24, 2.45) is 0 Å².